The summed E-state index contributed by atoms with van der Waals surface area (Å²) in [4.78, 5) is 44.3. The summed E-state index contributed by atoms with van der Waals surface area (Å²) in [5.74, 6) is 0.817. The average Bonchev–Trinajstić information content (AvgIpc) is 3.79. The first-order chi connectivity index (χ1) is 25.3. The van der Waals surface area contributed by atoms with E-state index in [1.807, 2.05) is 36.4 Å². The first-order valence-electron chi connectivity index (χ1n) is 18.2. The predicted octanol–water partition coefficient (Wildman–Crippen LogP) is 8.72. The van der Waals surface area contributed by atoms with Crippen LogP contribution in [0.25, 0.3) is 10.1 Å². The Morgan fingerprint density at radius 3 is 2.15 bits per heavy atom. The van der Waals surface area contributed by atoms with Gasteiger partial charge in [0.25, 0.3) is 5.91 Å². The molecule has 2 unspecified atom stereocenters. The van der Waals surface area contributed by atoms with Gasteiger partial charge in [-0.05, 0) is 118 Å². The molecule has 1 fully saturated rings. The van der Waals surface area contributed by atoms with Crippen molar-refractivity contribution in [1.29, 1.82) is 0 Å². The van der Waals surface area contributed by atoms with Crippen molar-refractivity contribution in [2.45, 2.75) is 104 Å². The number of amides is 2. The van der Waals surface area contributed by atoms with Crippen molar-refractivity contribution < 1.29 is 38.2 Å². The number of ether oxygens (including phenoxy) is 4. The minimum absolute atomic E-state index is 0.137. The Kier molecular flexibility index (Phi) is 13.9. The van der Waals surface area contributed by atoms with Crippen molar-refractivity contribution in [3.63, 3.8) is 0 Å². The standard InChI is InChI=1S/C41H51N3O8S/c1-26(2)25-48-27(3)52-44-38(45)36-22-31-14-11-29(21-35(31)53-36)24-42-23-28-12-17-33(18-13-28)49-34-19-15-30(16-20-34)37(43-40(47)51-41(4,5)6)39(46)50-32-9-7-8-10-32/h11-22,26-27,32,37,42H,7-10,23-25H2,1-6H3,(H,43,47)(H,44,45). The quantitative estimate of drug-likeness (QED) is 0.0585. The third kappa shape index (κ3) is 12.6. The Labute approximate surface area is 315 Å². The smallest absolute Gasteiger partial charge is 0.408 e. The summed E-state index contributed by atoms with van der Waals surface area (Å²) in [7, 11) is 0. The fraction of sp³-hybridized carbons (Fsp3) is 0.439. The lowest BCUT2D eigenvalue weighted by molar-refractivity contribution is -0.163. The van der Waals surface area contributed by atoms with Gasteiger partial charge in [0, 0.05) is 17.8 Å². The normalized spacial score (nSPS) is 14.5. The van der Waals surface area contributed by atoms with Crippen LogP contribution in [0.5, 0.6) is 11.5 Å². The average molecular weight is 746 g/mol. The van der Waals surface area contributed by atoms with Gasteiger partial charge in [-0.1, -0.05) is 50.2 Å². The molecule has 0 aliphatic heterocycles. The number of esters is 1. The van der Waals surface area contributed by atoms with Gasteiger partial charge in [0.2, 0.25) is 0 Å². The molecule has 3 aromatic carbocycles. The second-order valence-electron chi connectivity index (χ2n) is 14.7. The molecule has 12 heteroatoms. The van der Waals surface area contributed by atoms with Gasteiger partial charge >= 0.3 is 12.1 Å². The zero-order valence-electron chi connectivity index (χ0n) is 31.4. The monoisotopic (exact) mass is 745 g/mol. The summed E-state index contributed by atoms with van der Waals surface area (Å²) < 4.78 is 23.8. The van der Waals surface area contributed by atoms with Crippen LogP contribution >= 0.6 is 11.3 Å². The second kappa shape index (κ2) is 18.5. The number of carbonyl (C=O) groups excluding carboxylic acids is 3. The molecule has 53 heavy (non-hydrogen) atoms. The van der Waals surface area contributed by atoms with Gasteiger partial charge in [-0.15, -0.1) is 11.3 Å². The van der Waals surface area contributed by atoms with Crippen LogP contribution in [0.4, 0.5) is 4.79 Å². The molecule has 1 saturated carbocycles. The van der Waals surface area contributed by atoms with E-state index in [2.05, 4.69) is 42.1 Å². The molecule has 1 heterocycles. The molecule has 0 spiro atoms. The molecule has 1 aliphatic rings. The zero-order valence-corrected chi connectivity index (χ0v) is 32.2. The summed E-state index contributed by atoms with van der Waals surface area (Å²) in [6.45, 7) is 13.0. The van der Waals surface area contributed by atoms with E-state index in [0.717, 1.165) is 46.9 Å². The number of alkyl carbamates (subject to hydrolysis) is 1. The van der Waals surface area contributed by atoms with Crippen molar-refractivity contribution in [2.75, 3.05) is 6.61 Å². The fourth-order valence-corrected chi connectivity index (χ4v) is 6.69. The molecule has 11 nitrogen and oxygen atoms in total. The van der Waals surface area contributed by atoms with E-state index in [0.29, 0.717) is 47.6 Å². The highest BCUT2D eigenvalue weighted by molar-refractivity contribution is 7.20. The van der Waals surface area contributed by atoms with Crippen LogP contribution in [0.15, 0.2) is 72.8 Å². The molecular weight excluding hydrogens is 695 g/mol. The molecule has 0 saturated heterocycles. The molecule has 0 radical (unpaired) electrons. The number of benzene rings is 3. The van der Waals surface area contributed by atoms with Gasteiger partial charge in [0.1, 0.15) is 23.2 Å². The Morgan fingerprint density at radius 2 is 1.49 bits per heavy atom. The van der Waals surface area contributed by atoms with Crippen LogP contribution in [0.3, 0.4) is 0 Å². The topological polar surface area (TPSA) is 133 Å². The molecule has 1 aliphatic carbocycles. The predicted molar refractivity (Wildman–Crippen MR) is 205 cm³/mol. The van der Waals surface area contributed by atoms with Gasteiger partial charge in [-0.2, -0.15) is 0 Å². The van der Waals surface area contributed by atoms with Gasteiger partial charge in [0.15, 0.2) is 12.3 Å². The van der Waals surface area contributed by atoms with Gasteiger partial charge in [-0.3, -0.25) is 4.79 Å². The summed E-state index contributed by atoms with van der Waals surface area (Å²) in [5.41, 5.74) is 4.55. The van der Waals surface area contributed by atoms with E-state index in [1.54, 1.807) is 52.0 Å². The number of hydrogen-bond acceptors (Lipinski definition) is 10. The van der Waals surface area contributed by atoms with Crippen molar-refractivity contribution in [2.24, 2.45) is 5.92 Å². The zero-order chi connectivity index (χ0) is 38.0. The maximum absolute atomic E-state index is 13.2. The molecule has 1 aromatic heterocycles. The molecule has 284 valence electrons. The van der Waals surface area contributed by atoms with Crippen molar-refractivity contribution >= 4 is 39.4 Å². The lowest BCUT2D eigenvalue weighted by Crippen LogP contribution is -2.39. The minimum Gasteiger partial charge on any atom is -0.461 e. The number of hydroxylamine groups is 1. The fourth-order valence-electron chi connectivity index (χ4n) is 5.68. The van der Waals surface area contributed by atoms with E-state index < -0.39 is 30.0 Å². The summed E-state index contributed by atoms with van der Waals surface area (Å²) in [6.07, 6.45) is 2.34. The highest BCUT2D eigenvalue weighted by Crippen LogP contribution is 2.29. The Morgan fingerprint density at radius 1 is 0.849 bits per heavy atom. The lowest BCUT2D eigenvalue weighted by Gasteiger charge is -2.24. The van der Waals surface area contributed by atoms with E-state index in [-0.39, 0.29) is 12.0 Å². The Hall–Kier alpha value is -4.49. The van der Waals surface area contributed by atoms with E-state index in [4.69, 9.17) is 23.8 Å². The number of thiophene rings is 1. The number of nitrogens with one attached hydrogen (secondary N) is 3. The van der Waals surface area contributed by atoms with Gasteiger partial charge in [-0.25, -0.2) is 19.9 Å². The van der Waals surface area contributed by atoms with Crippen LogP contribution in [-0.2, 0) is 36.9 Å². The number of carbonyl (C=O) groups is 3. The van der Waals surface area contributed by atoms with Crippen molar-refractivity contribution in [3.05, 3.63) is 94.4 Å². The first-order valence-corrected chi connectivity index (χ1v) is 19.0. The molecule has 0 bridgehead atoms. The summed E-state index contributed by atoms with van der Waals surface area (Å²) in [6, 6.07) is 21.8. The molecule has 3 N–H and O–H groups in total. The molecule has 4 aromatic rings. The third-order valence-electron chi connectivity index (χ3n) is 8.30. The van der Waals surface area contributed by atoms with E-state index in [9.17, 15) is 14.4 Å². The minimum atomic E-state index is -1.01. The largest absolute Gasteiger partial charge is 0.461 e. The highest BCUT2D eigenvalue weighted by atomic mass is 32.1. The maximum Gasteiger partial charge on any atom is 0.408 e. The van der Waals surface area contributed by atoms with Crippen molar-refractivity contribution in [1.82, 2.24) is 16.1 Å². The summed E-state index contributed by atoms with van der Waals surface area (Å²) in [5, 5.41) is 7.17. The number of fused-ring (bicyclic) bond motifs is 1. The molecular formula is C41H51N3O8S. The first kappa shape index (κ1) is 39.7. The van der Waals surface area contributed by atoms with Crippen LogP contribution in [0.2, 0.25) is 0 Å². The van der Waals surface area contributed by atoms with Crippen LogP contribution in [0, 0.1) is 5.92 Å². The molecule has 2 amide bonds. The van der Waals surface area contributed by atoms with E-state index >= 15 is 0 Å². The number of rotatable bonds is 16. The molecule has 5 rings (SSSR count). The second-order valence-corrected chi connectivity index (χ2v) is 15.8. The Balaban J connectivity index is 1.11. The van der Waals surface area contributed by atoms with Gasteiger partial charge in [0.05, 0.1) is 11.5 Å². The van der Waals surface area contributed by atoms with Crippen molar-refractivity contribution in [3.8, 4) is 11.5 Å². The van der Waals surface area contributed by atoms with Crippen LogP contribution in [0.1, 0.15) is 99.6 Å². The SMILES string of the molecule is CC(C)COC(C)ONC(=O)c1cc2ccc(CNCc3ccc(Oc4ccc(C(NC(=O)OC(C)(C)C)C(=O)OC5CCCC5)cc4)cc3)cc2s1. The highest BCUT2D eigenvalue weighted by Gasteiger charge is 2.30. The molecule has 2 atom stereocenters. The van der Waals surface area contributed by atoms with Crippen LogP contribution in [-0.4, -0.2) is 42.6 Å². The lowest BCUT2D eigenvalue weighted by atomic mass is 10.1. The van der Waals surface area contributed by atoms with Gasteiger partial charge < -0.3 is 29.6 Å². The summed E-state index contributed by atoms with van der Waals surface area (Å²) >= 11 is 1.42. The number of hydrogen-bond donors (Lipinski definition) is 3. The van der Waals surface area contributed by atoms with E-state index in [1.165, 1.54) is 11.3 Å². The van der Waals surface area contributed by atoms with Crippen LogP contribution < -0.4 is 20.9 Å². The maximum atomic E-state index is 13.2. The third-order valence-corrected chi connectivity index (χ3v) is 9.40. The Bertz CT molecular complexity index is 1810.